The SMILES string of the molecule is O=C(Nc1cccc(F)c1)c1nnc2n1C[C@@H]1CN(C(=O)C3CC3)C[C@@H]1C2. The normalized spacial score (nSPS) is 23.7. The minimum Gasteiger partial charge on any atom is -0.342 e. The molecule has 0 unspecified atom stereocenters. The van der Waals surface area contributed by atoms with E-state index in [1.807, 2.05) is 9.47 Å². The summed E-state index contributed by atoms with van der Waals surface area (Å²) in [4.78, 5) is 26.9. The Balaban J connectivity index is 1.32. The highest BCUT2D eigenvalue weighted by atomic mass is 19.1. The molecule has 1 aromatic heterocycles. The van der Waals surface area contributed by atoms with Crippen LogP contribution in [0.1, 0.15) is 29.3 Å². The van der Waals surface area contributed by atoms with Gasteiger partial charge in [-0.3, -0.25) is 9.59 Å². The zero-order valence-electron chi connectivity index (χ0n) is 14.8. The average molecular weight is 369 g/mol. The van der Waals surface area contributed by atoms with E-state index in [0.29, 0.717) is 24.1 Å². The highest BCUT2D eigenvalue weighted by Gasteiger charge is 2.43. The highest BCUT2D eigenvalue weighted by molar-refractivity contribution is 6.01. The molecule has 2 aromatic rings. The summed E-state index contributed by atoms with van der Waals surface area (Å²) >= 11 is 0. The van der Waals surface area contributed by atoms with E-state index in [0.717, 1.165) is 38.2 Å². The highest BCUT2D eigenvalue weighted by Crippen LogP contribution is 2.37. The fourth-order valence-electron chi connectivity index (χ4n) is 4.21. The van der Waals surface area contributed by atoms with Crippen LogP contribution >= 0.6 is 0 Å². The number of hydrogen-bond acceptors (Lipinski definition) is 4. The first kappa shape index (κ1) is 16.4. The zero-order valence-corrected chi connectivity index (χ0v) is 14.8. The van der Waals surface area contributed by atoms with Crippen molar-refractivity contribution in [2.75, 3.05) is 18.4 Å². The molecule has 0 spiro atoms. The number of rotatable bonds is 3. The predicted molar refractivity (Wildman–Crippen MR) is 94.4 cm³/mol. The van der Waals surface area contributed by atoms with Gasteiger partial charge in [0.25, 0.3) is 5.91 Å². The summed E-state index contributed by atoms with van der Waals surface area (Å²) in [6, 6.07) is 5.75. The van der Waals surface area contributed by atoms with Gasteiger partial charge in [-0.15, -0.1) is 10.2 Å². The Hall–Kier alpha value is -2.77. The van der Waals surface area contributed by atoms with Gasteiger partial charge in [-0.2, -0.15) is 0 Å². The minimum atomic E-state index is -0.412. The van der Waals surface area contributed by atoms with E-state index in [2.05, 4.69) is 15.5 Å². The van der Waals surface area contributed by atoms with Crippen LogP contribution in [-0.4, -0.2) is 44.6 Å². The third kappa shape index (κ3) is 2.98. The molecule has 5 rings (SSSR count). The number of amides is 2. The van der Waals surface area contributed by atoms with Crippen molar-refractivity contribution in [2.24, 2.45) is 17.8 Å². The summed E-state index contributed by atoms with van der Waals surface area (Å²) in [5.41, 5.74) is 0.383. The van der Waals surface area contributed by atoms with E-state index in [-0.39, 0.29) is 17.6 Å². The van der Waals surface area contributed by atoms with Crippen molar-refractivity contribution in [3.8, 4) is 0 Å². The molecule has 1 saturated heterocycles. The van der Waals surface area contributed by atoms with E-state index in [1.165, 1.54) is 12.1 Å². The maximum atomic E-state index is 13.3. The van der Waals surface area contributed by atoms with E-state index >= 15 is 0 Å². The second-order valence-corrected chi connectivity index (χ2v) is 7.76. The Bertz CT molecular complexity index is 923. The molecular formula is C19H20FN5O2. The van der Waals surface area contributed by atoms with Gasteiger partial charge in [-0.05, 0) is 42.9 Å². The average Bonchev–Trinajstić information content (AvgIpc) is 3.28. The number of halogens is 1. The molecule has 3 heterocycles. The molecule has 7 nitrogen and oxygen atoms in total. The number of nitrogens with one attached hydrogen (secondary N) is 1. The molecule has 1 N–H and O–H groups in total. The summed E-state index contributed by atoms with van der Waals surface area (Å²) in [5.74, 6) is 1.41. The van der Waals surface area contributed by atoms with Gasteiger partial charge in [0.15, 0.2) is 0 Å². The second-order valence-electron chi connectivity index (χ2n) is 7.76. The largest absolute Gasteiger partial charge is 0.342 e. The number of nitrogens with zero attached hydrogens (tertiary/aromatic N) is 4. The first-order valence-corrected chi connectivity index (χ1v) is 9.36. The number of benzene rings is 1. The Morgan fingerprint density at radius 3 is 2.70 bits per heavy atom. The lowest BCUT2D eigenvalue weighted by molar-refractivity contribution is -0.131. The molecule has 3 aliphatic rings. The van der Waals surface area contributed by atoms with Crippen LogP contribution in [0.2, 0.25) is 0 Å². The fraction of sp³-hybridized carbons (Fsp3) is 0.474. The van der Waals surface area contributed by atoms with Gasteiger partial charge in [-0.1, -0.05) is 6.07 Å². The summed E-state index contributed by atoms with van der Waals surface area (Å²) in [6.45, 7) is 2.15. The third-order valence-electron chi connectivity index (χ3n) is 5.79. The number of likely N-dealkylation sites (tertiary alicyclic amines) is 1. The molecule has 2 aliphatic heterocycles. The minimum absolute atomic E-state index is 0.233. The van der Waals surface area contributed by atoms with Crippen molar-refractivity contribution in [2.45, 2.75) is 25.8 Å². The van der Waals surface area contributed by atoms with Gasteiger partial charge < -0.3 is 14.8 Å². The molecule has 1 aromatic carbocycles. The number of aromatic nitrogens is 3. The third-order valence-corrected chi connectivity index (χ3v) is 5.79. The monoisotopic (exact) mass is 369 g/mol. The Kier molecular flexibility index (Phi) is 3.73. The maximum absolute atomic E-state index is 13.3. The van der Waals surface area contributed by atoms with Gasteiger partial charge in [0.05, 0.1) is 0 Å². The molecule has 2 amide bonds. The summed E-state index contributed by atoms with van der Waals surface area (Å²) in [5, 5.41) is 10.9. The van der Waals surface area contributed by atoms with Crippen molar-refractivity contribution < 1.29 is 14.0 Å². The standard InChI is InChI=1S/C19H20FN5O2/c20-14-2-1-3-15(7-14)21-18(26)17-23-22-16-6-12-8-24(19(27)11-4-5-11)9-13(12)10-25(16)17/h1-3,7,11-13H,4-6,8-10H2,(H,21,26)/t12-,13-/m0/s1. The van der Waals surface area contributed by atoms with Crippen molar-refractivity contribution >= 4 is 17.5 Å². The number of fused-ring (bicyclic) bond motifs is 2. The Labute approximate surface area is 155 Å². The lowest BCUT2D eigenvalue weighted by atomic mass is 9.89. The lowest BCUT2D eigenvalue weighted by Crippen LogP contribution is -2.31. The molecule has 8 heteroatoms. The molecular weight excluding hydrogens is 349 g/mol. The molecule has 2 atom stereocenters. The van der Waals surface area contributed by atoms with E-state index in [4.69, 9.17) is 0 Å². The van der Waals surface area contributed by atoms with Crippen LogP contribution in [0.5, 0.6) is 0 Å². The molecule has 0 radical (unpaired) electrons. The topological polar surface area (TPSA) is 80.1 Å². The van der Waals surface area contributed by atoms with Gasteiger partial charge >= 0.3 is 0 Å². The van der Waals surface area contributed by atoms with Crippen LogP contribution in [0.15, 0.2) is 24.3 Å². The summed E-state index contributed by atoms with van der Waals surface area (Å²) in [6.07, 6.45) is 2.75. The van der Waals surface area contributed by atoms with Crippen LogP contribution in [0.4, 0.5) is 10.1 Å². The van der Waals surface area contributed by atoms with Crippen LogP contribution in [0.3, 0.4) is 0 Å². The molecule has 2 fully saturated rings. The van der Waals surface area contributed by atoms with Gasteiger partial charge in [0, 0.05) is 37.7 Å². The smallest absolute Gasteiger partial charge is 0.293 e. The Morgan fingerprint density at radius 1 is 1.11 bits per heavy atom. The quantitative estimate of drug-likeness (QED) is 0.893. The molecule has 1 saturated carbocycles. The first-order valence-electron chi connectivity index (χ1n) is 9.36. The van der Waals surface area contributed by atoms with Crippen LogP contribution in [-0.2, 0) is 17.8 Å². The van der Waals surface area contributed by atoms with Crippen molar-refractivity contribution in [3.05, 3.63) is 41.7 Å². The lowest BCUT2D eigenvalue weighted by Gasteiger charge is -2.25. The van der Waals surface area contributed by atoms with Crippen LogP contribution < -0.4 is 5.32 Å². The predicted octanol–water partition coefficient (Wildman–Crippen LogP) is 1.71. The second kappa shape index (κ2) is 6.14. The van der Waals surface area contributed by atoms with Gasteiger partial charge in [-0.25, -0.2) is 4.39 Å². The van der Waals surface area contributed by atoms with E-state index in [1.54, 1.807) is 12.1 Å². The number of carbonyl (C=O) groups excluding carboxylic acids is 2. The molecule has 0 bridgehead atoms. The van der Waals surface area contributed by atoms with E-state index < -0.39 is 11.7 Å². The van der Waals surface area contributed by atoms with Crippen LogP contribution in [0, 0.1) is 23.6 Å². The zero-order chi connectivity index (χ0) is 18.5. The number of anilines is 1. The van der Waals surface area contributed by atoms with Crippen molar-refractivity contribution in [3.63, 3.8) is 0 Å². The van der Waals surface area contributed by atoms with Crippen LogP contribution in [0.25, 0.3) is 0 Å². The van der Waals surface area contributed by atoms with Crippen molar-refractivity contribution in [1.82, 2.24) is 19.7 Å². The summed E-state index contributed by atoms with van der Waals surface area (Å²) in [7, 11) is 0. The summed E-state index contributed by atoms with van der Waals surface area (Å²) < 4.78 is 15.2. The molecule has 1 aliphatic carbocycles. The number of carbonyl (C=O) groups is 2. The van der Waals surface area contributed by atoms with Gasteiger partial charge in [0.2, 0.25) is 11.7 Å². The fourth-order valence-corrected chi connectivity index (χ4v) is 4.21. The Morgan fingerprint density at radius 2 is 1.93 bits per heavy atom. The first-order chi connectivity index (χ1) is 13.1. The number of hydrogen-bond donors (Lipinski definition) is 1. The van der Waals surface area contributed by atoms with E-state index in [9.17, 15) is 14.0 Å². The van der Waals surface area contributed by atoms with Gasteiger partial charge in [0.1, 0.15) is 11.6 Å². The molecule has 140 valence electrons. The molecule has 27 heavy (non-hydrogen) atoms. The van der Waals surface area contributed by atoms with Crippen molar-refractivity contribution in [1.29, 1.82) is 0 Å². The maximum Gasteiger partial charge on any atom is 0.293 e.